The van der Waals surface area contributed by atoms with E-state index < -0.39 is 29.8 Å². The van der Waals surface area contributed by atoms with Crippen LogP contribution in [0.4, 0.5) is 4.79 Å². The molecule has 3 aromatic rings. The number of rotatable bonds is 10. The molecule has 2 unspecified atom stereocenters. The number of hydrogen-bond donors (Lipinski definition) is 1. The third-order valence-electron chi connectivity index (χ3n) is 5.18. The summed E-state index contributed by atoms with van der Waals surface area (Å²) in [5.41, 5.74) is 1.67. The van der Waals surface area contributed by atoms with Crippen LogP contribution in [0, 0.1) is 5.92 Å². The monoisotopic (exact) mass is 461 g/mol. The Morgan fingerprint density at radius 1 is 0.824 bits per heavy atom. The first-order valence-electron chi connectivity index (χ1n) is 10.9. The molecular formula is C27H27NO6. The Labute approximate surface area is 198 Å². The van der Waals surface area contributed by atoms with Gasteiger partial charge in [-0.2, -0.15) is 0 Å². The van der Waals surface area contributed by atoms with Crippen molar-refractivity contribution >= 4 is 17.8 Å². The van der Waals surface area contributed by atoms with Gasteiger partial charge in [-0.1, -0.05) is 72.8 Å². The molecule has 7 nitrogen and oxygen atoms in total. The molecule has 0 spiro atoms. The molecule has 0 aromatic heterocycles. The summed E-state index contributed by atoms with van der Waals surface area (Å²) in [5, 5.41) is 2.71. The highest BCUT2D eigenvalue weighted by atomic mass is 16.5. The molecule has 0 heterocycles. The number of carbonyl (C=O) groups excluding carboxylic acids is 3. The van der Waals surface area contributed by atoms with E-state index in [-0.39, 0.29) is 13.2 Å². The van der Waals surface area contributed by atoms with Gasteiger partial charge < -0.3 is 19.5 Å². The average molecular weight is 462 g/mol. The number of nitrogens with one attached hydrogen (secondary N) is 1. The summed E-state index contributed by atoms with van der Waals surface area (Å²) in [4.78, 5) is 39.2. The zero-order valence-corrected chi connectivity index (χ0v) is 19.1. The number of amides is 1. The van der Waals surface area contributed by atoms with Crippen molar-refractivity contribution in [3.8, 4) is 5.75 Å². The maximum Gasteiger partial charge on any atom is 0.407 e. The zero-order chi connectivity index (χ0) is 24.3. The van der Waals surface area contributed by atoms with Gasteiger partial charge in [0.25, 0.3) is 0 Å². The Hall–Kier alpha value is -4.13. The second-order valence-corrected chi connectivity index (χ2v) is 7.42. The number of alkyl carbamates (subject to hydrolysis) is 1. The molecule has 0 saturated heterocycles. The predicted octanol–water partition coefficient (Wildman–Crippen LogP) is 4.72. The van der Waals surface area contributed by atoms with Crippen LogP contribution in [0.5, 0.6) is 5.75 Å². The van der Waals surface area contributed by atoms with Gasteiger partial charge in [-0.05, 0) is 30.2 Å². The lowest BCUT2D eigenvalue weighted by atomic mass is 9.86. The number of esters is 1. The summed E-state index contributed by atoms with van der Waals surface area (Å²) in [5.74, 6) is -1.93. The van der Waals surface area contributed by atoms with Crippen molar-refractivity contribution in [2.75, 3.05) is 13.7 Å². The summed E-state index contributed by atoms with van der Waals surface area (Å²) in [6.45, 7) is 1.79. The van der Waals surface area contributed by atoms with Crippen molar-refractivity contribution in [2.45, 2.75) is 19.6 Å². The summed E-state index contributed by atoms with van der Waals surface area (Å²) in [6.07, 6.45) is -0.764. The van der Waals surface area contributed by atoms with Gasteiger partial charge in [0, 0.05) is 5.56 Å². The largest absolute Gasteiger partial charge is 0.497 e. The fraction of sp³-hybridized carbons (Fsp3) is 0.222. The Kier molecular flexibility index (Phi) is 8.80. The number of Topliss-reactive ketones (excluding diaryl/α,β-unsaturated/α-hetero) is 1. The van der Waals surface area contributed by atoms with Crippen molar-refractivity contribution in [2.24, 2.45) is 5.92 Å². The Bertz CT molecular complexity index is 1080. The molecule has 2 atom stereocenters. The highest BCUT2D eigenvalue weighted by molar-refractivity contribution is 6.09. The second kappa shape index (κ2) is 12.2. The lowest BCUT2D eigenvalue weighted by Crippen LogP contribution is -2.41. The molecule has 0 saturated carbocycles. The van der Waals surface area contributed by atoms with Crippen molar-refractivity contribution in [1.29, 1.82) is 0 Å². The van der Waals surface area contributed by atoms with Gasteiger partial charge in [-0.25, -0.2) is 4.79 Å². The first-order chi connectivity index (χ1) is 16.5. The summed E-state index contributed by atoms with van der Waals surface area (Å²) < 4.78 is 15.8. The van der Waals surface area contributed by atoms with Crippen LogP contribution in [-0.4, -0.2) is 31.6 Å². The van der Waals surface area contributed by atoms with E-state index in [2.05, 4.69) is 5.32 Å². The van der Waals surface area contributed by atoms with Gasteiger partial charge in [0.15, 0.2) is 5.78 Å². The molecule has 7 heteroatoms. The number of ether oxygens (including phenoxy) is 3. The Morgan fingerprint density at radius 2 is 1.44 bits per heavy atom. The van der Waals surface area contributed by atoms with Crippen LogP contribution < -0.4 is 10.1 Å². The van der Waals surface area contributed by atoms with E-state index >= 15 is 0 Å². The molecule has 0 bridgehead atoms. The number of ketones is 1. The average Bonchev–Trinajstić information content (AvgIpc) is 2.88. The van der Waals surface area contributed by atoms with E-state index in [9.17, 15) is 14.4 Å². The van der Waals surface area contributed by atoms with Crippen molar-refractivity contribution in [1.82, 2.24) is 5.32 Å². The molecule has 176 valence electrons. The molecule has 0 aliphatic carbocycles. The van der Waals surface area contributed by atoms with Gasteiger partial charge in [0.2, 0.25) is 0 Å². The molecule has 3 rings (SSSR count). The minimum Gasteiger partial charge on any atom is -0.497 e. The first-order valence-corrected chi connectivity index (χ1v) is 10.9. The minimum atomic E-state index is -1.32. The lowest BCUT2D eigenvalue weighted by Gasteiger charge is -2.26. The van der Waals surface area contributed by atoms with E-state index in [0.717, 1.165) is 5.56 Å². The van der Waals surface area contributed by atoms with E-state index in [1.54, 1.807) is 61.5 Å². The lowest BCUT2D eigenvalue weighted by molar-refractivity contribution is -0.147. The van der Waals surface area contributed by atoms with Gasteiger partial charge in [-0.15, -0.1) is 0 Å². The quantitative estimate of drug-likeness (QED) is 0.267. The van der Waals surface area contributed by atoms with Crippen LogP contribution in [0.3, 0.4) is 0 Å². The number of carbonyl (C=O) groups is 3. The minimum absolute atomic E-state index is 0.0404. The van der Waals surface area contributed by atoms with Gasteiger partial charge >= 0.3 is 12.1 Å². The standard InChI is InChI=1S/C27H27NO6/c1-3-33-26(30)23(25(29)21-12-8-5-9-13-21)24(20-14-16-22(32-2)17-15-20)28-27(31)34-18-19-10-6-4-7-11-19/h4-17,23-24H,3,18H2,1-2H3,(H,28,31). The molecule has 0 aliphatic heterocycles. The van der Waals surface area contributed by atoms with Crippen LogP contribution >= 0.6 is 0 Å². The highest BCUT2D eigenvalue weighted by Crippen LogP contribution is 2.29. The zero-order valence-electron chi connectivity index (χ0n) is 19.1. The third-order valence-corrected chi connectivity index (χ3v) is 5.18. The van der Waals surface area contributed by atoms with Gasteiger partial charge in [0.05, 0.1) is 19.8 Å². The fourth-order valence-electron chi connectivity index (χ4n) is 3.47. The van der Waals surface area contributed by atoms with Crippen LogP contribution in [0.25, 0.3) is 0 Å². The highest BCUT2D eigenvalue weighted by Gasteiger charge is 2.39. The smallest absolute Gasteiger partial charge is 0.407 e. The predicted molar refractivity (Wildman–Crippen MR) is 126 cm³/mol. The van der Waals surface area contributed by atoms with Gasteiger partial charge in [0.1, 0.15) is 18.3 Å². The fourth-order valence-corrected chi connectivity index (χ4v) is 3.47. The van der Waals surface area contributed by atoms with E-state index in [1.807, 2.05) is 30.3 Å². The van der Waals surface area contributed by atoms with Crippen molar-refractivity contribution in [3.63, 3.8) is 0 Å². The van der Waals surface area contributed by atoms with E-state index in [0.29, 0.717) is 16.9 Å². The Balaban J connectivity index is 1.93. The van der Waals surface area contributed by atoms with Crippen LogP contribution in [0.15, 0.2) is 84.9 Å². The molecule has 3 aromatic carbocycles. The van der Waals surface area contributed by atoms with Crippen molar-refractivity contribution < 1.29 is 28.6 Å². The third kappa shape index (κ3) is 6.45. The van der Waals surface area contributed by atoms with Crippen LogP contribution in [0.1, 0.15) is 34.5 Å². The molecule has 1 N–H and O–H groups in total. The molecule has 34 heavy (non-hydrogen) atoms. The summed E-state index contributed by atoms with van der Waals surface area (Å²) in [7, 11) is 1.53. The molecule has 0 radical (unpaired) electrons. The SMILES string of the molecule is CCOC(=O)C(C(=O)c1ccccc1)C(NC(=O)OCc1ccccc1)c1ccc(OC)cc1. The first kappa shape index (κ1) is 24.5. The number of methoxy groups -OCH3 is 1. The molecule has 0 fully saturated rings. The summed E-state index contributed by atoms with van der Waals surface area (Å²) in [6, 6.07) is 23.3. The van der Waals surface area contributed by atoms with Crippen LogP contribution in [0.2, 0.25) is 0 Å². The van der Waals surface area contributed by atoms with Crippen molar-refractivity contribution in [3.05, 3.63) is 102 Å². The molecule has 0 aliphatic rings. The number of hydrogen-bond acceptors (Lipinski definition) is 6. The second-order valence-electron chi connectivity index (χ2n) is 7.42. The van der Waals surface area contributed by atoms with Gasteiger partial charge in [-0.3, -0.25) is 9.59 Å². The molecule has 1 amide bonds. The Morgan fingerprint density at radius 3 is 2.03 bits per heavy atom. The molecular weight excluding hydrogens is 434 g/mol. The van der Waals surface area contributed by atoms with E-state index in [4.69, 9.17) is 14.2 Å². The van der Waals surface area contributed by atoms with E-state index in [1.165, 1.54) is 7.11 Å². The number of benzene rings is 3. The maximum absolute atomic E-state index is 13.4. The summed E-state index contributed by atoms with van der Waals surface area (Å²) >= 11 is 0. The van der Waals surface area contributed by atoms with Crippen LogP contribution in [-0.2, 0) is 20.9 Å². The normalized spacial score (nSPS) is 12.2. The maximum atomic E-state index is 13.4. The topological polar surface area (TPSA) is 90.9 Å².